The molecular weight excluding hydrogens is 261 g/mol. The zero-order valence-electron chi connectivity index (χ0n) is 8.17. The fourth-order valence-electron chi connectivity index (χ4n) is 1.74. The number of ketones is 1. The molecule has 1 fully saturated rings. The minimum Gasteiger partial charge on any atom is -0.371 e. The molecule has 4 heteroatoms. The molecule has 0 atom stereocenters. The Bertz CT molecular complexity index is 364. The summed E-state index contributed by atoms with van der Waals surface area (Å²) in [6.45, 7) is 1.38. The molecule has 0 N–H and O–H groups in total. The van der Waals surface area contributed by atoms with Crippen LogP contribution in [0.1, 0.15) is 12.8 Å². The Morgan fingerprint density at radius 3 is 2.47 bits per heavy atom. The van der Waals surface area contributed by atoms with Gasteiger partial charge in [-0.1, -0.05) is 15.9 Å². The third kappa shape index (κ3) is 2.56. The van der Waals surface area contributed by atoms with Crippen LogP contribution >= 0.6 is 15.9 Å². The molecule has 2 nitrogen and oxygen atoms in total. The van der Waals surface area contributed by atoms with Crippen LogP contribution in [0.3, 0.4) is 0 Å². The van der Waals surface area contributed by atoms with Gasteiger partial charge in [-0.05, 0) is 18.2 Å². The van der Waals surface area contributed by atoms with E-state index < -0.39 is 0 Å². The smallest absolute Gasteiger partial charge is 0.136 e. The van der Waals surface area contributed by atoms with Gasteiger partial charge in [-0.15, -0.1) is 0 Å². The number of carbonyl (C=O) groups excluding carboxylic acids is 1. The van der Waals surface area contributed by atoms with Gasteiger partial charge in [0.05, 0.1) is 0 Å². The van der Waals surface area contributed by atoms with Crippen molar-refractivity contribution in [3.63, 3.8) is 0 Å². The van der Waals surface area contributed by atoms with E-state index in [1.165, 1.54) is 12.1 Å². The van der Waals surface area contributed by atoms with Crippen molar-refractivity contribution in [2.45, 2.75) is 12.8 Å². The monoisotopic (exact) mass is 271 g/mol. The molecule has 2 rings (SSSR count). The number of piperidine rings is 1. The van der Waals surface area contributed by atoms with E-state index in [1.807, 2.05) is 11.0 Å². The lowest BCUT2D eigenvalue weighted by atomic mass is 10.1. The lowest BCUT2D eigenvalue weighted by molar-refractivity contribution is -0.119. The zero-order valence-corrected chi connectivity index (χ0v) is 9.76. The van der Waals surface area contributed by atoms with Crippen LogP contribution in [0.25, 0.3) is 0 Å². The first kappa shape index (κ1) is 10.6. The molecule has 80 valence electrons. The highest BCUT2D eigenvalue weighted by molar-refractivity contribution is 9.10. The quantitative estimate of drug-likeness (QED) is 0.783. The van der Waals surface area contributed by atoms with Crippen LogP contribution in [-0.2, 0) is 4.79 Å². The number of Topliss-reactive ketones (excluding diaryl/α,β-unsaturated/α-hetero) is 1. The van der Waals surface area contributed by atoms with Gasteiger partial charge in [0.25, 0.3) is 0 Å². The molecular formula is C11H11BrFNO. The molecule has 0 aliphatic carbocycles. The molecule has 1 aliphatic rings. The second kappa shape index (κ2) is 4.31. The van der Waals surface area contributed by atoms with Gasteiger partial charge in [-0.3, -0.25) is 4.79 Å². The van der Waals surface area contributed by atoms with Crippen LogP contribution in [0.4, 0.5) is 10.1 Å². The lowest BCUT2D eigenvalue weighted by Gasteiger charge is -2.28. The van der Waals surface area contributed by atoms with Gasteiger partial charge in [0.1, 0.15) is 11.6 Å². The zero-order chi connectivity index (χ0) is 10.8. The van der Waals surface area contributed by atoms with Crippen molar-refractivity contribution in [3.8, 4) is 0 Å². The van der Waals surface area contributed by atoms with Gasteiger partial charge >= 0.3 is 0 Å². The van der Waals surface area contributed by atoms with Crippen LogP contribution in [0.15, 0.2) is 22.7 Å². The number of nitrogens with zero attached hydrogens (tertiary/aromatic N) is 1. The Hall–Kier alpha value is -0.900. The first-order chi connectivity index (χ1) is 7.15. The summed E-state index contributed by atoms with van der Waals surface area (Å²) in [5.74, 6) is 0.0398. The SMILES string of the molecule is O=C1CCN(c2cc(F)cc(Br)c2)CC1. The Kier molecular flexibility index (Phi) is 3.05. The van der Waals surface area contributed by atoms with Crippen molar-refractivity contribution in [2.75, 3.05) is 18.0 Å². The summed E-state index contributed by atoms with van der Waals surface area (Å²) in [6.07, 6.45) is 1.13. The largest absolute Gasteiger partial charge is 0.371 e. The van der Waals surface area contributed by atoms with Crippen LogP contribution in [-0.4, -0.2) is 18.9 Å². The van der Waals surface area contributed by atoms with E-state index in [4.69, 9.17) is 0 Å². The van der Waals surface area contributed by atoms with Gasteiger partial charge in [0, 0.05) is 36.1 Å². The lowest BCUT2D eigenvalue weighted by Crippen LogP contribution is -2.33. The molecule has 15 heavy (non-hydrogen) atoms. The van der Waals surface area contributed by atoms with Crippen molar-refractivity contribution < 1.29 is 9.18 Å². The fourth-order valence-corrected chi connectivity index (χ4v) is 2.19. The number of anilines is 1. The molecule has 1 heterocycles. The van der Waals surface area contributed by atoms with Crippen molar-refractivity contribution in [2.24, 2.45) is 0 Å². The molecule has 1 saturated heterocycles. The summed E-state index contributed by atoms with van der Waals surface area (Å²) in [5.41, 5.74) is 0.842. The van der Waals surface area contributed by atoms with E-state index in [-0.39, 0.29) is 5.82 Å². The van der Waals surface area contributed by atoms with Crippen molar-refractivity contribution >= 4 is 27.4 Å². The molecule has 0 saturated carbocycles. The Morgan fingerprint density at radius 1 is 1.20 bits per heavy atom. The van der Waals surface area contributed by atoms with Gasteiger partial charge < -0.3 is 4.90 Å². The van der Waals surface area contributed by atoms with Gasteiger partial charge in [0.2, 0.25) is 0 Å². The van der Waals surface area contributed by atoms with Crippen LogP contribution in [0, 0.1) is 5.82 Å². The minimum atomic E-state index is -0.253. The third-order valence-electron chi connectivity index (χ3n) is 2.53. The molecule has 0 spiro atoms. The standard InChI is InChI=1S/C11H11BrFNO/c12-8-5-9(13)7-10(6-8)14-3-1-11(15)2-4-14/h5-7H,1-4H2. The molecule has 0 aromatic heterocycles. The summed E-state index contributed by atoms with van der Waals surface area (Å²) in [6, 6.07) is 4.80. The van der Waals surface area contributed by atoms with Crippen molar-refractivity contribution in [3.05, 3.63) is 28.5 Å². The molecule has 0 amide bonds. The second-order valence-electron chi connectivity index (χ2n) is 3.65. The van der Waals surface area contributed by atoms with E-state index in [0.717, 1.165) is 10.2 Å². The van der Waals surface area contributed by atoms with E-state index >= 15 is 0 Å². The summed E-state index contributed by atoms with van der Waals surface area (Å²) in [4.78, 5) is 13.1. The number of carbonyl (C=O) groups is 1. The maximum absolute atomic E-state index is 13.1. The van der Waals surface area contributed by atoms with E-state index in [0.29, 0.717) is 31.7 Å². The second-order valence-corrected chi connectivity index (χ2v) is 4.57. The molecule has 0 unspecified atom stereocenters. The van der Waals surface area contributed by atoms with Crippen molar-refractivity contribution in [1.29, 1.82) is 0 Å². The highest BCUT2D eigenvalue weighted by Crippen LogP contribution is 2.24. The Morgan fingerprint density at radius 2 is 1.87 bits per heavy atom. The maximum Gasteiger partial charge on any atom is 0.136 e. The number of benzene rings is 1. The number of halogens is 2. The van der Waals surface area contributed by atoms with Gasteiger partial charge in [0.15, 0.2) is 0 Å². The summed E-state index contributed by atoms with van der Waals surface area (Å²) >= 11 is 3.26. The third-order valence-corrected chi connectivity index (χ3v) is 2.99. The molecule has 0 radical (unpaired) electrons. The fraction of sp³-hybridized carbons (Fsp3) is 0.364. The summed E-state index contributed by atoms with van der Waals surface area (Å²) in [7, 11) is 0. The highest BCUT2D eigenvalue weighted by Gasteiger charge is 2.16. The average Bonchev–Trinajstić information content (AvgIpc) is 2.17. The minimum absolute atomic E-state index is 0.253. The van der Waals surface area contributed by atoms with E-state index in [2.05, 4.69) is 15.9 Å². The topological polar surface area (TPSA) is 20.3 Å². The van der Waals surface area contributed by atoms with Crippen molar-refractivity contribution in [1.82, 2.24) is 0 Å². The van der Waals surface area contributed by atoms with Crippen LogP contribution in [0.5, 0.6) is 0 Å². The first-order valence-corrected chi connectivity index (χ1v) is 5.67. The summed E-state index contributed by atoms with van der Waals surface area (Å²) in [5, 5.41) is 0. The molecule has 1 aliphatic heterocycles. The number of rotatable bonds is 1. The Labute approximate surface area is 96.2 Å². The number of hydrogen-bond acceptors (Lipinski definition) is 2. The maximum atomic E-state index is 13.1. The predicted octanol–water partition coefficient (Wildman–Crippen LogP) is 2.76. The molecule has 1 aromatic rings. The van der Waals surface area contributed by atoms with E-state index in [9.17, 15) is 9.18 Å². The predicted molar refractivity (Wildman–Crippen MR) is 60.6 cm³/mol. The van der Waals surface area contributed by atoms with Gasteiger partial charge in [-0.2, -0.15) is 0 Å². The highest BCUT2D eigenvalue weighted by atomic mass is 79.9. The first-order valence-electron chi connectivity index (χ1n) is 4.88. The average molecular weight is 272 g/mol. The summed E-state index contributed by atoms with van der Waals surface area (Å²) < 4.78 is 13.9. The van der Waals surface area contributed by atoms with Gasteiger partial charge in [-0.25, -0.2) is 4.39 Å². The normalized spacial score (nSPS) is 16.9. The molecule has 0 bridgehead atoms. The molecule has 1 aromatic carbocycles. The van der Waals surface area contributed by atoms with E-state index in [1.54, 1.807) is 0 Å². The number of hydrogen-bond donors (Lipinski definition) is 0. The van der Waals surface area contributed by atoms with Crippen LogP contribution in [0.2, 0.25) is 0 Å². The Balaban J connectivity index is 2.18. The van der Waals surface area contributed by atoms with Crippen LogP contribution < -0.4 is 4.90 Å².